The zero-order chi connectivity index (χ0) is 18.3. The Hall–Kier alpha value is -2.61. The molecule has 0 atom stereocenters. The number of amides is 1. The minimum atomic E-state index is -4.51. The van der Waals surface area contributed by atoms with Gasteiger partial charge in [0.2, 0.25) is 0 Å². The van der Waals surface area contributed by atoms with E-state index in [1.807, 2.05) is 6.92 Å². The van der Waals surface area contributed by atoms with Crippen LogP contribution in [0.2, 0.25) is 0 Å². The van der Waals surface area contributed by atoms with E-state index in [0.717, 1.165) is 18.3 Å². The lowest BCUT2D eigenvalue weighted by molar-refractivity contribution is -0.137. The number of aromatic nitrogens is 1. The highest BCUT2D eigenvalue weighted by Crippen LogP contribution is 2.30. The summed E-state index contributed by atoms with van der Waals surface area (Å²) in [7, 11) is 0. The van der Waals surface area contributed by atoms with Gasteiger partial charge in [-0.25, -0.2) is 4.98 Å². The summed E-state index contributed by atoms with van der Waals surface area (Å²) in [6.07, 6.45) is -3.52. The van der Waals surface area contributed by atoms with E-state index in [2.05, 4.69) is 10.3 Å². The minimum Gasteiger partial charge on any atom is -0.490 e. The SMILES string of the molecule is CCOCCOc1ccccc1C(=O)Nc1cc(C(F)(F)F)ccn1. The number of nitrogens with one attached hydrogen (secondary N) is 1. The van der Waals surface area contributed by atoms with E-state index in [9.17, 15) is 18.0 Å². The van der Waals surface area contributed by atoms with Gasteiger partial charge in [-0.1, -0.05) is 12.1 Å². The number of ether oxygens (including phenoxy) is 2. The summed E-state index contributed by atoms with van der Waals surface area (Å²) in [5, 5.41) is 2.35. The number of rotatable bonds is 7. The Morgan fingerprint density at radius 2 is 1.96 bits per heavy atom. The first-order valence-electron chi connectivity index (χ1n) is 7.56. The molecule has 0 spiro atoms. The fraction of sp³-hybridized carbons (Fsp3) is 0.294. The smallest absolute Gasteiger partial charge is 0.416 e. The molecule has 0 aliphatic heterocycles. The first-order valence-corrected chi connectivity index (χ1v) is 7.56. The summed E-state index contributed by atoms with van der Waals surface area (Å²) >= 11 is 0. The number of carbonyl (C=O) groups excluding carboxylic acids is 1. The maximum absolute atomic E-state index is 12.7. The van der Waals surface area contributed by atoms with Gasteiger partial charge in [0.15, 0.2) is 0 Å². The third-order valence-corrected chi connectivity index (χ3v) is 3.15. The largest absolute Gasteiger partial charge is 0.490 e. The van der Waals surface area contributed by atoms with Gasteiger partial charge in [-0.3, -0.25) is 4.79 Å². The van der Waals surface area contributed by atoms with Crippen LogP contribution in [-0.2, 0) is 10.9 Å². The molecule has 0 unspecified atom stereocenters. The molecule has 1 amide bonds. The number of alkyl halides is 3. The van der Waals surface area contributed by atoms with Crippen molar-refractivity contribution in [1.82, 2.24) is 4.98 Å². The molecule has 1 aromatic carbocycles. The van der Waals surface area contributed by atoms with E-state index in [1.165, 1.54) is 6.07 Å². The third-order valence-electron chi connectivity index (χ3n) is 3.15. The molecule has 25 heavy (non-hydrogen) atoms. The van der Waals surface area contributed by atoms with Crippen LogP contribution in [0.15, 0.2) is 42.6 Å². The summed E-state index contributed by atoms with van der Waals surface area (Å²) in [5.41, 5.74) is -0.697. The average molecular weight is 354 g/mol. The van der Waals surface area contributed by atoms with Crippen molar-refractivity contribution in [2.75, 3.05) is 25.1 Å². The van der Waals surface area contributed by atoms with Gasteiger partial charge in [0.05, 0.1) is 17.7 Å². The number of benzene rings is 1. The molecule has 5 nitrogen and oxygen atoms in total. The average Bonchev–Trinajstić information content (AvgIpc) is 2.58. The number of carbonyl (C=O) groups is 1. The van der Waals surface area contributed by atoms with Crippen molar-refractivity contribution in [3.63, 3.8) is 0 Å². The number of pyridine rings is 1. The summed E-state index contributed by atoms with van der Waals surface area (Å²) in [6, 6.07) is 8.04. The predicted molar refractivity (Wildman–Crippen MR) is 85.6 cm³/mol. The van der Waals surface area contributed by atoms with Crippen molar-refractivity contribution in [1.29, 1.82) is 0 Å². The number of para-hydroxylation sites is 1. The third kappa shape index (κ3) is 5.46. The molecule has 0 aliphatic rings. The van der Waals surface area contributed by atoms with Gasteiger partial charge in [-0.2, -0.15) is 13.2 Å². The Morgan fingerprint density at radius 3 is 2.68 bits per heavy atom. The van der Waals surface area contributed by atoms with E-state index < -0.39 is 17.6 Å². The van der Waals surface area contributed by atoms with Crippen molar-refractivity contribution in [2.45, 2.75) is 13.1 Å². The molecule has 2 rings (SSSR count). The number of nitrogens with zero attached hydrogens (tertiary/aromatic N) is 1. The van der Waals surface area contributed by atoms with Gasteiger partial charge in [-0.15, -0.1) is 0 Å². The Morgan fingerprint density at radius 1 is 1.20 bits per heavy atom. The van der Waals surface area contributed by atoms with E-state index in [-0.39, 0.29) is 18.0 Å². The predicted octanol–water partition coefficient (Wildman–Crippen LogP) is 3.77. The number of hydrogen-bond acceptors (Lipinski definition) is 4. The number of halogens is 3. The fourth-order valence-electron chi connectivity index (χ4n) is 1.99. The molecule has 2 aromatic rings. The van der Waals surface area contributed by atoms with Crippen LogP contribution in [0.3, 0.4) is 0 Å². The first kappa shape index (κ1) is 18.7. The molecule has 1 heterocycles. The molecule has 0 saturated heterocycles. The molecule has 0 fully saturated rings. The second-order valence-corrected chi connectivity index (χ2v) is 4.92. The molecule has 8 heteroatoms. The summed E-state index contributed by atoms with van der Waals surface area (Å²) in [4.78, 5) is 16.1. The zero-order valence-electron chi connectivity index (χ0n) is 13.5. The standard InChI is InChI=1S/C17H17F3N2O3/c1-2-24-9-10-25-14-6-4-3-5-13(14)16(23)22-15-11-12(7-8-21-15)17(18,19)20/h3-8,11H,2,9-10H2,1H3,(H,21,22,23). The molecule has 1 N–H and O–H groups in total. The summed E-state index contributed by atoms with van der Waals surface area (Å²) < 4.78 is 48.8. The van der Waals surface area contributed by atoms with Crippen molar-refractivity contribution in [2.24, 2.45) is 0 Å². The van der Waals surface area contributed by atoms with Crippen molar-refractivity contribution in [3.8, 4) is 5.75 Å². The lowest BCUT2D eigenvalue weighted by Gasteiger charge is -2.12. The van der Waals surface area contributed by atoms with Crippen LogP contribution in [0.1, 0.15) is 22.8 Å². The molecule has 0 aliphatic carbocycles. The summed E-state index contributed by atoms with van der Waals surface area (Å²) in [5.74, 6) is -0.491. The Bertz CT molecular complexity index is 720. The molecular formula is C17H17F3N2O3. The quantitative estimate of drug-likeness (QED) is 0.769. The van der Waals surface area contributed by atoms with Crippen LogP contribution < -0.4 is 10.1 Å². The van der Waals surface area contributed by atoms with E-state index in [0.29, 0.717) is 19.0 Å². The van der Waals surface area contributed by atoms with Gasteiger partial charge < -0.3 is 14.8 Å². The summed E-state index contributed by atoms with van der Waals surface area (Å²) in [6.45, 7) is 3.01. The van der Waals surface area contributed by atoms with Gasteiger partial charge in [0.1, 0.15) is 18.2 Å². The van der Waals surface area contributed by atoms with Gasteiger partial charge >= 0.3 is 6.18 Å². The number of hydrogen-bond donors (Lipinski definition) is 1. The normalized spacial score (nSPS) is 11.2. The second-order valence-electron chi connectivity index (χ2n) is 4.92. The van der Waals surface area contributed by atoms with E-state index in [4.69, 9.17) is 9.47 Å². The van der Waals surface area contributed by atoms with Crippen LogP contribution in [0.25, 0.3) is 0 Å². The molecule has 0 bridgehead atoms. The van der Waals surface area contributed by atoms with E-state index >= 15 is 0 Å². The van der Waals surface area contributed by atoms with Gasteiger partial charge in [0.25, 0.3) is 5.91 Å². The highest BCUT2D eigenvalue weighted by atomic mass is 19.4. The highest BCUT2D eigenvalue weighted by molar-refractivity contribution is 6.05. The van der Waals surface area contributed by atoms with Crippen molar-refractivity contribution >= 4 is 11.7 Å². The van der Waals surface area contributed by atoms with E-state index in [1.54, 1.807) is 18.2 Å². The second kappa shape index (κ2) is 8.48. The molecule has 134 valence electrons. The lowest BCUT2D eigenvalue weighted by atomic mass is 10.2. The Labute approximate surface area is 142 Å². The zero-order valence-corrected chi connectivity index (χ0v) is 13.5. The topological polar surface area (TPSA) is 60.5 Å². The maximum Gasteiger partial charge on any atom is 0.416 e. The van der Waals surface area contributed by atoms with Gasteiger partial charge in [0, 0.05) is 12.8 Å². The maximum atomic E-state index is 12.7. The molecule has 0 saturated carbocycles. The first-order chi connectivity index (χ1) is 11.9. The Kier molecular flexibility index (Phi) is 6.35. The minimum absolute atomic E-state index is 0.191. The Balaban J connectivity index is 2.11. The lowest BCUT2D eigenvalue weighted by Crippen LogP contribution is -2.16. The van der Waals surface area contributed by atoms with Crippen LogP contribution >= 0.6 is 0 Å². The fourth-order valence-corrected chi connectivity index (χ4v) is 1.99. The number of anilines is 1. The van der Waals surface area contributed by atoms with Crippen molar-refractivity contribution < 1.29 is 27.4 Å². The monoisotopic (exact) mass is 354 g/mol. The highest BCUT2D eigenvalue weighted by Gasteiger charge is 2.30. The van der Waals surface area contributed by atoms with Crippen LogP contribution in [-0.4, -0.2) is 30.7 Å². The van der Waals surface area contributed by atoms with Crippen LogP contribution in [0, 0.1) is 0 Å². The van der Waals surface area contributed by atoms with Crippen LogP contribution in [0.5, 0.6) is 5.75 Å². The molecule has 0 radical (unpaired) electrons. The van der Waals surface area contributed by atoms with Gasteiger partial charge in [-0.05, 0) is 31.2 Å². The molecule has 1 aromatic heterocycles. The molecular weight excluding hydrogens is 337 g/mol. The van der Waals surface area contributed by atoms with Crippen molar-refractivity contribution in [3.05, 3.63) is 53.7 Å². The van der Waals surface area contributed by atoms with Crippen LogP contribution in [0.4, 0.5) is 19.0 Å².